The Hall–Kier alpha value is -1.32. The third-order valence-electron chi connectivity index (χ3n) is 2.99. The van der Waals surface area contributed by atoms with Gasteiger partial charge in [-0.1, -0.05) is 23.9 Å². The van der Waals surface area contributed by atoms with Gasteiger partial charge in [0.25, 0.3) is 0 Å². The Kier molecular flexibility index (Phi) is 4.27. The van der Waals surface area contributed by atoms with Crippen LogP contribution in [0.25, 0.3) is 0 Å². The Morgan fingerprint density at radius 2 is 1.79 bits per heavy atom. The molecule has 1 atom stereocenters. The molecule has 19 heavy (non-hydrogen) atoms. The van der Waals surface area contributed by atoms with E-state index in [1.54, 1.807) is 24.8 Å². The third kappa shape index (κ3) is 3.37. The Balaban J connectivity index is 2.40. The van der Waals surface area contributed by atoms with Crippen LogP contribution >= 0.6 is 11.8 Å². The summed E-state index contributed by atoms with van der Waals surface area (Å²) in [7, 11) is 0. The second kappa shape index (κ2) is 5.76. The van der Waals surface area contributed by atoms with Crippen LogP contribution in [0.1, 0.15) is 29.7 Å². The summed E-state index contributed by atoms with van der Waals surface area (Å²) in [4.78, 5) is 2.03. The molecule has 3 heteroatoms. The minimum absolute atomic E-state index is 0.318. The van der Waals surface area contributed by atoms with E-state index in [1.165, 1.54) is 23.3 Å². The zero-order valence-electron chi connectivity index (χ0n) is 11.3. The number of rotatable bonds is 3. The standard InChI is InChI=1S/C16H17FOS/c1-10-4-5-11(2)16(8-10)19-15-7-6-13(17)9-14(15)12(3)18/h4-9,12,18H,1-3H3/t12-/m0/s1. The fourth-order valence-electron chi connectivity index (χ4n) is 1.87. The Morgan fingerprint density at radius 3 is 2.47 bits per heavy atom. The summed E-state index contributed by atoms with van der Waals surface area (Å²) >= 11 is 1.57. The molecule has 0 spiro atoms. The molecule has 0 aliphatic carbocycles. The Morgan fingerprint density at radius 1 is 1.05 bits per heavy atom. The molecule has 0 unspecified atom stereocenters. The lowest BCUT2D eigenvalue weighted by atomic mass is 10.1. The molecule has 2 aromatic carbocycles. The minimum atomic E-state index is -0.677. The summed E-state index contributed by atoms with van der Waals surface area (Å²) in [6.45, 7) is 5.75. The summed E-state index contributed by atoms with van der Waals surface area (Å²) in [5.41, 5.74) is 3.00. The van der Waals surface area contributed by atoms with Crippen LogP contribution < -0.4 is 0 Å². The lowest BCUT2D eigenvalue weighted by molar-refractivity contribution is 0.196. The van der Waals surface area contributed by atoms with Gasteiger partial charge in [-0.05, 0) is 61.7 Å². The average Bonchev–Trinajstić information content (AvgIpc) is 2.35. The summed E-state index contributed by atoms with van der Waals surface area (Å²) < 4.78 is 13.3. The molecule has 0 saturated heterocycles. The quantitative estimate of drug-likeness (QED) is 0.880. The highest BCUT2D eigenvalue weighted by Gasteiger charge is 2.11. The van der Waals surface area contributed by atoms with Gasteiger partial charge in [0.05, 0.1) is 6.10 Å². The van der Waals surface area contributed by atoms with Crippen LogP contribution in [0.5, 0.6) is 0 Å². The molecule has 0 aliphatic heterocycles. The van der Waals surface area contributed by atoms with Crippen LogP contribution in [0.15, 0.2) is 46.2 Å². The lowest BCUT2D eigenvalue weighted by Crippen LogP contribution is -1.95. The molecule has 2 aromatic rings. The van der Waals surface area contributed by atoms with Gasteiger partial charge < -0.3 is 5.11 Å². The number of aliphatic hydroxyl groups is 1. The lowest BCUT2D eigenvalue weighted by Gasteiger charge is -2.13. The summed E-state index contributed by atoms with van der Waals surface area (Å²) in [6.07, 6.45) is -0.677. The fourth-order valence-corrected chi connectivity index (χ4v) is 3.07. The Labute approximate surface area is 117 Å². The minimum Gasteiger partial charge on any atom is -0.389 e. The van der Waals surface area contributed by atoms with Crippen molar-refractivity contribution in [2.75, 3.05) is 0 Å². The van der Waals surface area contributed by atoms with E-state index in [2.05, 4.69) is 18.2 Å². The van der Waals surface area contributed by atoms with E-state index in [9.17, 15) is 9.50 Å². The van der Waals surface area contributed by atoms with Crippen LogP contribution in [0.2, 0.25) is 0 Å². The predicted molar refractivity (Wildman–Crippen MR) is 77.1 cm³/mol. The maximum absolute atomic E-state index is 13.3. The highest BCUT2D eigenvalue weighted by Crippen LogP contribution is 2.35. The number of hydrogen-bond acceptors (Lipinski definition) is 2. The first-order chi connectivity index (χ1) is 8.97. The molecule has 0 amide bonds. The molecular formula is C16H17FOS. The van der Waals surface area contributed by atoms with E-state index in [0.717, 1.165) is 9.79 Å². The summed E-state index contributed by atoms with van der Waals surface area (Å²) in [5, 5.41) is 9.75. The first kappa shape index (κ1) is 14.1. The number of benzene rings is 2. The van der Waals surface area contributed by atoms with E-state index in [-0.39, 0.29) is 5.82 Å². The van der Waals surface area contributed by atoms with E-state index >= 15 is 0 Å². The van der Waals surface area contributed by atoms with Crippen molar-refractivity contribution in [1.29, 1.82) is 0 Å². The zero-order chi connectivity index (χ0) is 14.0. The normalized spacial score (nSPS) is 12.5. The van der Waals surface area contributed by atoms with Gasteiger partial charge in [0, 0.05) is 9.79 Å². The van der Waals surface area contributed by atoms with E-state index in [0.29, 0.717) is 5.56 Å². The fraction of sp³-hybridized carbons (Fsp3) is 0.250. The van der Waals surface area contributed by atoms with Gasteiger partial charge in [-0.3, -0.25) is 0 Å². The van der Waals surface area contributed by atoms with Crippen molar-refractivity contribution < 1.29 is 9.50 Å². The number of aryl methyl sites for hydroxylation is 2. The van der Waals surface area contributed by atoms with Gasteiger partial charge in [-0.15, -0.1) is 0 Å². The maximum atomic E-state index is 13.3. The van der Waals surface area contributed by atoms with Crippen molar-refractivity contribution in [3.63, 3.8) is 0 Å². The first-order valence-corrected chi connectivity index (χ1v) is 7.01. The van der Waals surface area contributed by atoms with Crippen molar-refractivity contribution >= 4 is 11.8 Å². The molecule has 2 rings (SSSR count). The monoisotopic (exact) mass is 276 g/mol. The van der Waals surface area contributed by atoms with Crippen LogP contribution in [0.3, 0.4) is 0 Å². The highest BCUT2D eigenvalue weighted by molar-refractivity contribution is 7.99. The van der Waals surface area contributed by atoms with Crippen molar-refractivity contribution in [1.82, 2.24) is 0 Å². The summed E-state index contributed by atoms with van der Waals surface area (Å²) in [6, 6.07) is 10.8. The molecule has 0 radical (unpaired) electrons. The van der Waals surface area contributed by atoms with Crippen LogP contribution in [-0.4, -0.2) is 5.11 Å². The number of aliphatic hydroxyl groups excluding tert-OH is 1. The second-order valence-electron chi connectivity index (χ2n) is 4.73. The van der Waals surface area contributed by atoms with E-state index in [1.807, 2.05) is 13.8 Å². The predicted octanol–water partition coefficient (Wildman–Crippen LogP) is 4.65. The van der Waals surface area contributed by atoms with E-state index < -0.39 is 6.10 Å². The number of halogens is 1. The van der Waals surface area contributed by atoms with Crippen molar-refractivity contribution in [3.8, 4) is 0 Å². The molecule has 0 saturated carbocycles. The van der Waals surface area contributed by atoms with Gasteiger partial charge in [-0.2, -0.15) is 0 Å². The zero-order valence-corrected chi connectivity index (χ0v) is 12.1. The Bertz CT molecular complexity index is 593. The number of hydrogen-bond donors (Lipinski definition) is 1. The molecule has 0 aliphatic rings. The van der Waals surface area contributed by atoms with Gasteiger partial charge in [-0.25, -0.2) is 4.39 Å². The topological polar surface area (TPSA) is 20.2 Å². The van der Waals surface area contributed by atoms with Gasteiger partial charge in [0.2, 0.25) is 0 Å². The van der Waals surface area contributed by atoms with Gasteiger partial charge >= 0.3 is 0 Å². The van der Waals surface area contributed by atoms with Crippen molar-refractivity contribution in [3.05, 3.63) is 58.9 Å². The third-order valence-corrected chi connectivity index (χ3v) is 4.24. The molecule has 0 bridgehead atoms. The second-order valence-corrected chi connectivity index (χ2v) is 5.81. The molecule has 1 nitrogen and oxygen atoms in total. The van der Waals surface area contributed by atoms with Gasteiger partial charge in [0.1, 0.15) is 5.82 Å². The van der Waals surface area contributed by atoms with E-state index in [4.69, 9.17) is 0 Å². The molecule has 100 valence electrons. The van der Waals surface area contributed by atoms with Gasteiger partial charge in [0.15, 0.2) is 0 Å². The first-order valence-electron chi connectivity index (χ1n) is 6.20. The molecule has 1 N–H and O–H groups in total. The van der Waals surface area contributed by atoms with Crippen molar-refractivity contribution in [2.45, 2.75) is 36.7 Å². The van der Waals surface area contributed by atoms with Crippen LogP contribution in [0.4, 0.5) is 4.39 Å². The molecule has 0 heterocycles. The maximum Gasteiger partial charge on any atom is 0.123 e. The molecular weight excluding hydrogens is 259 g/mol. The SMILES string of the molecule is Cc1ccc(C)c(Sc2ccc(F)cc2[C@H](C)O)c1. The largest absolute Gasteiger partial charge is 0.389 e. The average molecular weight is 276 g/mol. The van der Waals surface area contributed by atoms with Crippen molar-refractivity contribution in [2.24, 2.45) is 0 Å². The van der Waals surface area contributed by atoms with Crippen LogP contribution in [0, 0.1) is 19.7 Å². The molecule has 0 fully saturated rings. The molecule has 0 aromatic heterocycles. The highest BCUT2D eigenvalue weighted by atomic mass is 32.2. The smallest absolute Gasteiger partial charge is 0.123 e. The van der Waals surface area contributed by atoms with Crippen LogP contribution in [-0.2, 0) is 0 Å². The summed E-state index contributed by atoms with van der Waals surface area (Å²) in [5.74, 6) is -0.318.